The molecule has 50 heavy (non-hydrogen) atoms. The molecule has 296 valence electrons. The number of hydrogen-bond acceptors (Lipinski definition) is 6. The Morgan fingerprint density at radius 1 is 0.580 bits per heavy atom. The topological polar surface area (TPSA) is 101 Å². The van der Waals surface area contributed by atoms with E-state index in [9.17, 15) is 22.6 Å². The Kier molecular flexibility index (Phi) is 36.6. The first-order valence-corrected chi connectivity index (χ1v) is 22.0. The summed E-state index contributed by atoms with van der Waals surface area (Å²) in [4.78, 5) is 26.0. The van der Waals surface area contributed by atoms with Crippen molar-refractivity contribution in [2.45, 2.75) is 214 Å². The van der Waals surface area contributed by atoms with Gasteiger partial charge in [-0.1, -0.05) is 141 Å². The first kappa shape index (κ1) is 50.8. The zero-order valence-electron chi connectivity index (χ0n) is 33.7. The number of ketones is 1. The van der Waals surface area contributed by atoms with Gasteiger partial charge in [-0.2, -0.15) is 0 Å². The van der Waals surface area contributed by atoms with E-state index in [0.717, 1.165) is 32.8 Å². The molecule has 0 rings (SSSR count). The first-order valence-electron chi connectivity index (χ1n) is 20.7. The van der Waals surface area contributed by atoms with Gasteiger partial charge in [0.15, 0.2) is 5.78 Å². The van der Waals surface area contributed by atoms with E-state index in [1.54, 1.807) is 0 Å². The van der Waals surface area contributed by atoms with Crippen LogP contribution in [-0.4, -0.2) is 55.9 Å². The van der Waals surface area contributed by atoms with Crippen LogP contribution < -0.4 is 0 Å². The summed E-state index contributed by atoms with van der Waals surface area (Å²) in [6, 6.07) is 0.142. The van der Waals surface area contributed by atoms with E-state index in [4.69, 9.17) is 0 Å². The van der Waals surface area contributed by atoms with E-state index in [1.807, 2.05) is 7.05 Å². The highest BCUT2D eigenvalue weighted by molar-refractivity contribution is 7.80. The molecule has 0 spiro atoms. The fraction of sp³-hybridized carbons (Fsp3) is 0.857. The molecule has 0 radical (unpaired) electrons. The fourth-order valence-electron chi connectivity index (χ4n) is 6.00. The number of unbranched alkanes of at least 4 members (excludes halogenated alkanes) is 22. The highest BCUT2D eigenvalue weighted by atomic mass is 32.3. The van der Waals surface area contributed by atoms with Gasteiger partial charge < -0.3 is 4.55 Å². The summed E-state index contributed by atoms with van der Waals surface area (Å²) in [7, 11) is -1.62. The normalized spacial score (nSPS) is 13.2. The van der Waals surface area contributed by atoms with Gasteiger partial charge in [0.25, 0.3) is 0 Å². The number of Topliss-reactive ketones (excluding diaryl/α,β-unsaturated/α-hetero) is 1. The Balaban J connectivity index is 0. The Bertz CT molecular complexity index is 946. The molecule has 0 aromatic rings. The first-order chi connectivity index (χ1) is 23.9. The van der Waals surface area contributed by atoms with Crippen LogP contribution in [0.1, 0.15) is 207 Å². The van der Waals surface area contributed by atoms with Crippen LogP contribution in [0.15, 0.2) is 24.3 Å². The lowest BCUT2D eigenvalue weighted by Gasteiger charge is -2.35. The van der Waals surface area contributed by atoms with Crippen LogP contribution in [0, 0.1) is 0 Å². The van der Waals surface area contributed by atoms with E-state index in [1.165, 1.54) is 141 Å². The summed E-state index contributed by atoms with van der Waals surface area (Å²) in [6.07, 6.45) is 43.6. The van der Waals surface area contributed by atoms with Crippen LogP contribution >= 0.6 is 0 Å². The zero-order chi connectivity index (χ0) is 37.8. The van der Waals surface area contributed by atoms with Crippen LogP contribution in [0.4, 0.5) is 0 Å². The van der Waals surface area contributed by atoms with Crippen LogP contribution in [0.5, 0.6) is 0 Å². The number of allylic oxidation sites excluding steroid dienone is 4. The maximum atomic E-state index is 13.2. The lowest BCUT2D eigenvalue weighted by molar-refractivity contribution is -0.848. The molecule has 0 aromatic carbocycles. The second kappa shape index (κ2) is 36.0. The average Bonchev–Trinajstić information content (AvgIpc) is 3.07. The van der Waals surface area contributed by atoms with Gasteiger partial charge in [0.2, 0.25) is 10.4 Å². The number of amides is 1. The SMILES string of the molecule is CCCCCCCC/C=C\CCCCCCCC(=O)C[N+](C)(C(=O)CCCCCCC/C=C\CCCCCCCC)C(C)C.COS(=O)(=O)[O-]. The fourth-order valence-corrected chi connectivity index (χ4v) is 6.00. The molecule has 0 aliphatic rings. The third kappa shape index (κ3) is 35.1. The molecule has 0 bridgehead atoms. The molecule has 0 aliphatic carbocycles. The quantitative estimate of drug-likeness (QED) is 0.0215. The van der Waals surface area contributed by atoms with Crippen molar-refractivity contribution in [3.8, 4) is 0 Å². The number of carbonyl (C=O) groups is 2. The third-order valence-electron chi connectivity index (χ3n) is 9.79. The van der Waals surface area contributed by atoms with Crippen molar-refractivity contribution in [1.82, 2.24) is 0 Å². The third-order valence-corrected chi connectivity index (χ3v) is 10.2. The molecule has 0 aromatic heterocycles. The van der Waals surface area contributed by atoms with E-state index in [0.29, 0.717) is 19.4 Å². The molecule has 0 aliphatic heterocycles. The molecular weight excluding hydrogens is 647 g/mol. The molecule has 0 N–H and O–H groups in total. The van der Waals surface area contributed by atoms with Crippen molar-refractivity contribution >= 4 is 22.1 Å². The summed E-state index contributed by atoms with van der Waals surface area (Å²) in [5, 5.41) is 0. The van der Waals surface area contributed by atoms with Crippen LogP contribution in [0.3, 0.4) is 0 Å². The van der Waals surface area contributed by atoms with Crippen molar-refractivity contribution in [1.29, 1.82) is 0 Å². The molecule has 1 atom stereocenters. The number of hydrogen-bond donors (Lipinski definition) is 0. The van der Waals surface area contributed by atoms with Crippen molar-refractivity contribution in [3.63, 3.8) is 0 Å². The number of rotatable bonds is 34. The Hall–Kier alpha value is -1.35. The maximum absolute atomic E-state index is 13.2. The van der Waals surface area contributed by atoms with Gasteiger partial charge in [-0.15, -0.1) is 0 Å². The summed E-state index contributed by atoms with van der Waals surface area (Å²) in [6.45, 7) is 9.09. The minimum absolute atomic E-state index is 0.142. The summed E-state index contributed by atoms with van der Waals surface area (Å²) < 4.78 is 31.3. The number of likely N-dealkylation sites (N-methyl/N-ethyl adjacent to an activating group) is 1. The lowest BCUT2D eigenvalue weighted by Crippen LogP contribution is -2.56. The van der Waals surface area contributed by atoms with E-state index < -0.39 is 10.4 Å². The smallest absolute Gasteiger partial charge is 0.314 e. The van der Waals surface area contributed by atoms with Gasteiger partial charge in [-0.3, -0.25) is 13.5 Å². The van der Waals surface area contributed by atoms with Crippen molar-refractivity contribution in [2.24, 2.45) is 0 Å². The molecular formula is C42H81NO6S. The molecule has 0 fully saturated rings. The summed E-state index contributed by atoms with van der Waals surface area (Å²) >= 11 is 0. The van der Waals surface area contributed by atoms with Crippen LogP contribution in [-0.2, 0) is 24.2 Å². The molecule has 0 saturated heterocycles. The van der Waals surface area contributed by atoms with Gasteiger partial charge in [0.1, 0.15) is 6.54 Å². The molecule has 7 nitrogen and oxygen atoms in total. The van der Waals surface area contributed by atoms with Gasteiger partial charge in [-0.25, -0.2) is 13.2 Å². The largest absolute Gasteiger partial charge is 0.726 e. The number of quaternary nitrogens is 1. The van der Waals surface area contributed by atoms with Crippen LogP contribution in [0.25, 0.3) is 0 Å². The Morgan fingerprint density at radius 2 is 0.880 bits per heavy atom. The predicted molar refractivity (Wildman–Crippen MR) is 212 cm³/mol. The van der Waals surface area contributed by atoms with Gasteiger partial charge in [0.05, 0.1) is 26.6 Å². The van der Waals surface area contributed by atoms with Crippen molar-refractivity contribution in [2.75, 3.05) is 20.7 Å². The minimum atomic E-state index is -4.41. The molecule has 1 unspecified atom stereocenters. The Labute approximate surface area is 311 Å². The number of nitrogens with zero attached hydrogens (tertiary/aromatic N) is 1. The average molecular weight is 728 g/mol. The molecule has 8 heteroatoms. The highest BCUT2D eigenvalue weighted by Crippen LogP contribution is 2.18. The lowest BCUT2D eigenvalue weighted by atomic mass is 10.0. The standard InChI is InChI=1S/C41H78NO2.CH4O4S/c1-6-8-10-12-14-16-18-20-22-24-26-28-30-32-34-36-40(43)38-42(5,39(3)4)41(44)37-35-33-31-29-27-25-23-21-19-17-15-13-11-9-7-2;1-5-6(2,3)4/h20-23,39H,6-19,24-38H2,1-5H3;1H3,(H,2,3,4)/q+1;/p-1/b22-20-,23-21-;. The van der Waals surface area contributed by atoms with Gasteiger partial charge in [-0.05, 0) is 78.1 Å². The highest BCUT2D eigenvalue weighted by Gasteiger charge is 2.36. The van der Waals surface area contributed by atoms with Crippen molar-refractivity contribution in [3.05, 3.63) is 24.3 Å². The zero-order valence-corrected chi connectivity index (χ0v) is 34.5. The predicted octanol–water partition coefficient (Wildman–Crippen LogP) is 12.1. The maximum Gasteiger partial charge on any atom is 0.314 e. The number of carbonyl (C=O) groups excluding carboxylic acids is 2. The van der Waals surface area contributed by atoms with E-state index >= 15 is 0 Å². The minimum Gasteiger partial charge on any atom is -0.726 e. The second-order valence-electron chi connectivity index (χ2n) is 14.7. The Morgan fingerprint density at radius 3 is 1.20 bits per heavy atom. The van der Waals surface area contributed by atoms with E-state index in [2.05, 4.69) is 56.2 Å². The van der Waals surface area contributed by atoms with E-state index in [-0.39, 0.29) is 22.2 Å². The van der Waals surface area contributed by atoms with Crippen LogP contribution in [0.2, 0.25) is 0 Å². The molecule has 0 heterocycles. The van der Waals surface area contributed by atoms with Gasteiger partial charge >= 0.3 is 5.91 Å². The summed E-state index contributed by atoms with van der Waals surface area (Å²) in [5.74, 6) is 0.507. The molecule has 1 amide bonds. The van der Waals surface area contributed by atoms with Gasteiger partial charge in [0, 0.05) is 6.42 Å². The summed E-state index contributed by atoms with van der Waals surface area (Å²) in [5.41, 5.74) is 0. The second-order valence-corrected chi connectivity index (χ2v) is 15.8. The molecule has 0 saturated carbocycles. The van der Waals surface area contributed by atoms with Crippen molar-refractivity contribution < 1.29 is 31.2 Å². The monoisotopic (exact) mass is 728 g/mol.